The molecule has 0 aliphatic rings. The number of hydrogen-bond donors (Lipinski definition) is 0. The minimum atomic E-state index is -4.74. The summed E-state index contributed by atoms with van der Waals surface area (Å²) >= 11 is 0. The van der Waals surface area contributed by atoms with Gasteiger partial charge in [-0.25, -0.2) is 0 Å². The van der Waals surface area contributed by atoms with Gasteiger partial charge in [-0.1, -0.05) is 46.0 Å². The van der Waals surface area contributed by atoms with E-state index in [1.54, 1.807) is 0 Å². The van der Waals surface area contributed by atoms with Crippen LogP contribution in [-0.2, 0) is 26.2 Å². The third-order valence-electron chi connectivity index (χ3n) is 2.18. The summed E-state index contributed by atoms with van der Waals surface area (Å²) in [5.74, 6) is 0.750. The molecule has 0 amide bonds. The van der Waals surface area contributed by atoms with Crippen molar-refractivity contribution in [3.05, 3.63) is 0 Å². The van der Waals surface area contributed by atoms with Crippen molar-refractivity contribution < 1.29 is 35.9 Å². The second-order valence-electron chi connectivity index (χ2n) is 4.23. The third kappa shape index (κ3) is 17.0. The van der Waals surface area contributed by atoms with Gasteiger partial charge in [0.2, 0.25) is 0 Å². The Balaban J connectivity index is 0. The molecule has 0 rings (SSSR count). The molecule has 0 bridgehead atoms. The smallest absolute Gasteiger partial charge is 0.790 e. The fourth-order valence-electron chi connectivity index (χ4n) is 1.36. The monoisotopic (exact) mass is 299 g/mol. The van der Waals surface area contributed by atoms with Crippen LogP contribution in [0.2, 0.25) is 0 Å². The molecule has 0 aromatic rings. The zero-order valence-corrected chi connectivity index (χ0v) is 11.7. The first kappa shape index (κ1) is 19.0. The average molecular weight is 300 g/mol. The maximum atomic E-state index is 10.1. The van der Waals surface area contributed by atoms with Crippen molar-refractivity contribution in [1.29, 1.82) is 0 Å². The maximum absolute atomic E-state index is 10.1. The fourth-order valence-corrected chi connectivity index (χ4v) is 1.71. The van der Waals surface area contributed by atoms with E-state index < -0.39 is 7.82 Å². The summed E-state index contributed by atoms with van der Waals surface area (Å²) < 4.78 is 14.2. The molecule has 0 unspecified atom stereocenters. The molecule has 0 atom stereocenters. The van der Waals surface area contributed by atoms with E-state index in [-0.39, 0.29) is 23.7 Å². The summed E-state index contributed by atoms with van der Waals surface area (Å²) in [6, 6.07) is 0. The van der Waals surface area contributed by atoms with Gasteiger partial charge in [0, 0.05) is 0 Å². The van der Waals surface area contributed by atoms with Crippen LogP contribution in [0.25, 0.3) is 0 Å². The van der Waals surface area contributed by atoms with Crippen molar-refractivity contribution in [2.75, 3.05) is 6.61 Å². The quantitative estimate of drug-likeness (QED) is 0.370. The molecule has 0 saturated carbocycles. The van der Waals surface area contributed by atoms with Crippen molar-refractivity contribution in [2.45, 2.75) is 52.4 Å². The number of rotatable bonds is 9. The van der Waals surface area contributed by atoms with Gasteiger partial charge in [0.15, 0.2) is 0 Å². The van der Waals surface area contributed by atoms with Crippen LogP contribution in [0, 0.1) is 5.92 Å². The van der Waals surface area contributed by atoms with Gasteiger partial charge in [-0.05, 0) is 12.3 Å². The summed E-state index contributed by atoms with van der Waals surface area (Å²) in [7, 11) is -4.74. The normalized spacial score (nSPS) is 11.6. The molecular weight excluding hydrogens is 279 g/mol. The van der Waals surface area contributed by atoms with Gasteiger partial charge < -0.3 is 18.9 Å². The van der Waals surface area contributed by atoms with Crippen LogP contribution >= 0.6 is 7.82 Å². The Kier molecular flexibility index (Phi) is 12.8. The number of unbranched alkanes of at least 4 members (excludes halogenated alkanes) is 4. The van der Waals surface area contributed by atoms with Crippen LogP contribution in [0.1, 0.15) is 52.4 Å². The van der Waals surface area contributed by atoms with E-state index in [9.17, 15) is 14.4 Å². The first-order chi connectivity index (χ1) is 6.92. The Labute approximate surface area is 109 Å². The van der Waals surface area contributed by atoms with Gasteiger partial charge in [-0.15, -0.1) is 0 Å². The van der Waals surface area contributed by atoms with Crippen LogP contribution < -0.4 is 9.79 Å². The topological polar surface area (TPSA) is 72.4 Å². The number of phosphoric acid groups is 1. The average Bonchev–Trinajstić information content (AvgIpc) is 2.07. The largest absolute Gasteiger partial charge is 2.00 e. The van der Waals surface area contributed by atoms with Gasteiger partial charge in [0.05, 0.1) is 14.4 Å². The van der Waals surface area contributed by atoms with Crippen molar-refractivity contribution >= 4 is 7.82 Å². The molecule has 0 aliphatic heterocycles. The molecule has 16 heavy (non-hydrogen) atoms. The molecule has 0 saturated heterocycles. The molecule has 0 spiro atoms. The predicted octanol–water partition coefficient (Wildman–Crippen LogP) is 1.83. The van der Waals surface area contributed by atoms with Crippen LogP contribution in [0.5, 0.6) is 0 Å². The van der Waals surface area contributed by atoms with Gasteiger partial charge in [0.1, 0.15) is 0 Å². The zero-order chi connectivity index (χ0) is 11.7. The fraction of sp³-hybridized carbons (Fsp3) is 1.00. The van der Waals surface area contributed by atoms with E-state index in [1.807, 2.05) is 0 Å². The summed E-state index contributed by atoms with van der Waals surface area (Å²) in [6.07, 6.45) is 6.30. The third-order valence-corrected chi connectivity index (χ3v) is 2.67. The minimum absolute atomic E-state index is 0. The standard InChI is InChI=1S/C10H23O4P.Cu/c1-10(2)8-6-4-3-5-7-9-14-15(11,12)13;/h10H,3-9H2,1-2H3,(H2,11,12,13);/q;+2/p-2. The molecule has 4 nitrogen and oxygen atoms in total. The predicted molar refractivity (Wildman–Crippen MR) is 56.1 cm³/mol. The molecule has 0 aromatic carbocycles. The van der Waals surface area contributed by atoms with Gasteiger partial charge >= 0.3 is 17.1 Å². The Morgan fingerprint density at radius 2 is 1.56 bits per heavy atom. The van der Waals surface area contributed by atoms with E-state index in [0.29, 0.717) is 6.42 Å². The summed E-state index contributed by atoms with van der Waals surface area (Å²) in [5, 5.41) is 0. The maximum Gasteiger partial charge on any atom is 2.00 e. The number of phosphoric ester groups is 1. The van der Waals surface area contributed by atoms with E-state index in [0.717, 1.165) is 18.8 Å². The van der Waals surface area contributed by atoms with Crippen molar-refractivity contribution in [2.24, 2.45) is 5.92 Å². The molecule has 0 aromatic heterocycles. The Morgan fingerprint density at radius 1 is 1.06 bits per heavy atom. The minimum Gasteiger partial charge on any atom is -0.790 e. The second-order valence-corrected chi connectivity index (χ2v) is 5.38. The zero-order valence-electron chi connectivity index (χ0n) is 9.91. The van der Waals surface area contributed by atoms with Crippen molar-refractivity contribution in [3.63, 3.8) is 0 Å². The van der Waals surface area contributed by atoms with Crippen molar-refractivity contribution in [1.82, 2.24) is 0 Å². The summed E-state index contributed by atoms with van der Waals surface area (Å²) in [5.41, 5.74) is 0. The Hall–Kier alpha value is 0.629. The summed E-state index contributed by atoms with van der Waals surface area (Å²) in [4.78, 5) is 20.2. The number of hydrogen-bond acceptors (Lipinski definition) is 4. The summed E-state index contributed by atoms with van der Waals surface area (Å²) in [6.45, 7) is 4.44. The van der Waals surface area contributed by atoms with E-state index in [2.05, 4.69) is 18.4 Å². The SMILES string of the molecule is CC(C)CCCCCCCOP(=O)([O-])[O-].[Cu+2]. The second kappa shape index (κ2) is 10.8. The van der Waals surface area contributed by atoms with Gasteiger partial charge in [-0.2, -0.15) is 0 Å². The van der Waals surface area contributed by atoms with E-state index >= 15 is 0 Å². The van der Waals surface area contributed by atoms with Crippen LogP contribution in [0.3, 0.4) is 0 Å². The molecular formula is C10H21CuO4P. The Bertz CT molecular complexity index is 193. The molecule has 0 heterocycles. The van der Waals surface area contributed by atoms with E-state index in [1.165, 1.54) is 19.3 Å². The molecule has 0 aliphatic carbocycles. The molecule has 0 N–H and O–H groups in total. The van der Waals surface area contributed by atoms with E-state index in [4.69, 9.17) is 0 Å². The van der Waals surface area contributed by atoms with Gasteiger partial charge in [0.25, 0.3) is 0 Å². The first-order valence-corrected chi connectivity index (χ1v) is 7.04. The molecule has 0 fully saturated rings. The Morgan fingerprint density at radius 3 is 2.06 bits per heavy atom. The van der Waals surface area contributed by atoms with Crippen LogP contribution in [0.4, 0.5) is 0 Å². The van der Waals surface area contributed by atoms with Crippen LogP contribution in [0.15, 0.2) is 0 Å². The molecule has 6 heteroatoms. The van der Waals surface area contributed by atoms with Crippen LogP contribution in [-0.4, -0.2) is 6.61 Å². The van der Waals surface area contributed by atoms with Crippen molar-refractivity contribution in [3.8, 4) is 0 Å². The first-order valence-electron chi connectivity index (χ1n) is 5.58. The molecule has 101 valence electrons. The molecule has 1 radical (unpaired) electrons. The van der Waals surface area contributed by atoms with Gasteiger partial charge in [-0.3, -0.25) is 0 Å².